The summed E-state index contributed by atoms with van der Waals surface area (Å²) in [5.41, 5.74) is 8.93. The molecule has 0 bridgehead atoms. The van der Waals surface area contributed by atoms with Crippen molar-refractivity contribution in [3.05, 3.63) is 165 Å². The van der Waals surface area contributed by atoms with Gasteiger partial charge in [-0.05, 0) is 253 Å². The zero-order valence-electron chi connectivity index (χ0n) is 61.9. The Hall–Kier alpha value is -8.12. The fourth-order valence-electron chi connectivity index (χ4n) is 17.2. The van der Waals surface area contributed by atoms with Crippen molar-refractivity contribution < 1.29 is 81.8 Å². The van der Waals surface area contributed by atoms with Crippen LogP contribution in [0.3, 0.4) is 0 Å². The van der Waals surface area contributed by atoms with Crippen molar-refractivity contribution in [2.24, 2.45) is 16.2 Å². The number of benzene rings is 6. The van der Waals surface area contributed by atoms with Crippen LogP contribution in [0, 0.1) is 16.2 Å². The van der Waals surface area contributed by atoms with Crippen LogP contribution in [0.5, 0.6) is 17.2 Å². The van der Waals surface area contributed by atoms with E-state index in [1.165, 1.54) is 55.2 Å². The molecule has 562 valence electrons. The number of likely N-dealkylation sites (tertiary alicyclic amines) is 3. The number of aromatic carboxylic acids is 3. The van der Waals surface area contributed by atoms with Crippen molar-refractivity contribution in [1.82, 2.24) is 14.7 Å². The maximum atomic E-state index is 12.6. The number of carboxylic acids is 3. The molecule has 10 aliphatic rings. The van der Waals surface area contributed by atoms with Crippen LogP contribution in [0.25, 0.3) is 22.3 Å². The van der Waals surface area contributed by atoms with Crippen LogP contribution in [0.2, 0.25) is 0 Å². The predicted molar refractivity (Wildman–Crippen MR) is 404 cm³/mol. The molecule has 16 rings (SSSR count). The van der Waals surface area contributed by atoms with Crippen LogP contribution in [-0.4, -0.2) is 183 Å². The summed E-state index contributed by atoms with van der Waals surface area (Å²) in [7, 11) is 4.08. The number of hydrogen-bond donors (Lipinski definition) is 3. The van der Waals surface area contributed by atoms with Gasteiger partial charge in [-0.15, -0.1) is 0 Å². The molecule has 7 aliphatic heterocycles. The summed E-state index contributed by atoms with van der Waals surface area (Å²) in [4.78, 5) is 77.6. The summed E-state index contributed by atoms with van der Waals surface area (Å²) < 4.78 is 45.9. The Bertz CT molecular complexity index is 4000. The second-order valence-electron chi connectivity index (χ2n) is 31.4. The van der Waals surface area contributed by atoms with Crippen LogP contribution >= 0.6 is 15.9 Å². The minimum atomic E-state index is -0.995. The quantitative estimate of drug-likeness (QED) is 0.0809. The van der Waals surface area contributed by atoms with E-state index in [0.29, 0.717) is 69.9 Å². The fourth-order valence-corrected chi connectivity index (χ4v) is 17.5. The summed E-state index contributed by atoms with van der Waals surface area (Å²) in [6, 6.07) is 40.1. The number of piperidine rings is 3. The molecule has 3 N–H and O–H groups in total. The van der Waals surface area contributed by atoms with Gasteiger partial charge in [-0.2, -0.15) is 0 Å². The standard InChI is InChI=1S/2C26H29NO5.C18H22BrNO2.C14H19BO5/c2*1-31-22-9-8-19(25(29)30)15-20(22)17-4-6-18(7-5-17)21-16-26(21)10-12-27(13-11-26)24(28)23-3-2-14-32-23;19-14-5-3-13(4-6-14)15-12-18(15)7-9-20(10-8-18)17(21)16-2-1-11-22-16;1-13(2)14(3,4)20-15(19-13)10-8-9(12(16)17)6-7-11(10)18-5/h2*4-9,15,21,23H,2-3,10-14,16H2,1H3,(H,29,30);3-6,15-16H,1-2,7-12H2;6-8H,1-5H3,(H,16,17)/t21-,23+;21-,23-;15?,16-;/m011./s1. The van der Waals surface area contributed by atoms with E-state index in [9.17, 15) is 39.0 Å². The van der Waals surface area contributed by atoms with Crippen LogP contribution in [0.15, 0.2) is 132 Å². The summed E-state index contributed by atoms with van der Waals surface area (Å²) in [6.07, 6.45) is 15.1. The van der Waals surface area contributed by atoms with Crippen LogP contribution < -0.4 is 19.7 Å². The van der Waals surface area contributed by atoms with Crippen molar-refractivity contribution >= 4 is 64.1 Å². The highest BCUT2D eigenvalue weighted by Gasteiger charge is 2.59. The molecule has 0 aromatic heterocycles. The first-order valence-electron chi connectivity index (χ1n) is 37.6. The highest BCUT2D eigenvalue weighted by Crippen LogP contribution is 2.67. The number of carbonyl (C=O) groups excluding carboxylic acids is 3. The average Bonchev–Trinajstić information content (AvgIpc) is 1.59. The Morgan fingerprint density at radius 1 is 0.425 bits per heavy atom. The van der Waals surface area contributed by atoms with Crippen LogP contribution in [0.4, 0.5) is 0 Å². The summed E-state index contributed by atoms with van der Waals surface area (Å²) in [5, 5.41) is 27.8. The first-order valence-corrected chi connectivity index (χ1v) is 38.4. The number of methoxy groups -OCH3 is 3. The Balaban J connectivity index is 0.000000128. The first kappa shape index (κ1) is 76.1. The molecule has 6 aromatic carbocycles. The zero-order chi connectivity index (χ0) is 74.9. The van der Waals surface area contributed by atoms with Gasteiger partial charge in [-0.25, -0.2) is 14.4 Å². The fraction of sp³-hybridized carbons (Fsp3) is 0.500. The summed E-state index contributed by atoms with van der Waals surface area (Å²) in [6.45, 7) is 15.1. The number of rotatable bonds is 15. The van der Waals surface area contributed by atoms with E-state index >= 15 is 0 Å². The number of nitrogens with zero attached hydrogens (tertiary/aromatic N) is 3. The Morgan fingerprint density at radius 2 is 0.726 bits per heavy atom. The van der Waals surface area contributed by atoms with E-state index in [1.54, 1.807) is 56.7 Å². The number of halogens is 1. The molecule has 20 nitrogen and oxygen atoms in total. The number of hydrogen-bond acceptors (Lipinski definition) is 14. The van der Waals surface area contributed by atoms with Gasteiger partial charge in [-0.3, -0.25) is 14.4 Å². The lowest BCUT2D eigenvalue weighted by atomic mass is 9.77. The van der Waals surface area contributed by atoms with Gasteiger partial charge in [0.15, 0.2) is 0 Å². The topological polar surface area (TPSA) is 247 Å². The van der Waals surface area contributed by atoms with Crippen LogP contribution in [0.1, 0.15) is 190 Å². The molecule has 3 saturated carbocycles. The van der Waals surface area contributed by atoms with Crippen molar-refractivity contribution in [2.75, 3.05) is 80.4 Å². The molecule has 7 saturated heterocycles. The van der Waals surface area contributed by atoms with Gasteiger partial charge in [-0.1, -0.05) is 76.6 Å². The van der Waals surface area contributed by atoms with E-state index in [0.717, 1.165) is 150 Å². The maximum Gasteiger partial charge on any atom is 0.498 e. The molecule has 7 heterocycles. The lowest BCUT2D eigenvalue weighted by Crippen LogP contribution is -2.44. The largest absolute Gasteiger partial charge is 0.498 e. The molecule has 22 heteroatoms. The molecule has 1 unspecified atom stereocenters. The normalized spacial score (nSPS) is 24.3. The summed E-state index contributed by atoms with van der Waals surface area (Å²) >= 11 is 3.50. The Labute approximate surface area is 629 Å². The minimum absolute atomic E-state index is 0.157. The average molecular weight is 1510 g/mol. The van der Waals surface area contributed by atoms with Gasteiger partial charge in [0.25, 0.3) is 17.7 Å². The smallest absolute Gasteiger partial charge is 0.497 e. The lowest BCUT2D eigenvalue weighted by Gasteiger charge is -2.34. The lowest BCUT2D eigenvalue weighted by molar-refractivity contribution is -0.143. The first-order chi connectivity index (χ1) is 50.9. The molecule has 3 aliphatic carbocycles. The van der Waals surface area contributed by atoms with E-state index in [-0.39, 0.29) is 52.7 Å². The Morgan fingerprint density at radius 3 is 1.02 bits per heavy atom. The molecule has 6 aromatic rings. The van der Waals surface area contributed by atoms with E-state index in [2.05, 4.69) is 88.7 Å². The number of amides is 3. The highest BCUT2D eigenvalue weighted by atomic mass is 79.9. The molecule has 10 fully saturated rings. The number of carboxylic acid groups (broad SMARTS) is 3. The van der Waals surface area contributed by atoms with Gasteiger partial charge in [0.05, 0.1) is 49.2 Å². The van der Waals surface area contributed by atoms with Crippen molar-refractivity contribution in [3.8, 4) is 39.5 Å². The third kappa shape index (κ3) is 16.3. The van der Waals surface area contributed by atoms with Crippen molar-refractivity contribution in [3.63, 3.8) is 0 Å². The van der Waals surface area contributed by atoms with Gasteiger partial charge in [0.2, 0.25) is 0 Å². The third-order valence-corrected chi connectivity index (χ3v) is 25.3. The van der Waals surface area contributed by atoms with E-state index < -0.39 is 36.2 Å². The monoisotopic (exact) mass is 1510 g/mol. The van der Waals surface area contributed by atoms with E-state index in [4.69, 9.17) is 42.8 Å². The molecule has 0 radical (unpaired) electrons. The van der Waals surface area contributed by atoms with Gasteiger partial charge in [0, 0.05) is 80.2 Å². The summed E-state index contributed by atoms with van der Waals surface area (Å²) in [5.74, 6) is 1.32. The van der Waals surface area contributed by atoms with Gasteiger partial charge >= 0.3 is 25.0 Å². The molecule has 106 heavy (non-hydrogen) atoms. The number of carbonyl (C=O) groups is 6. The Kier molecular flexibility index (Phi) is 22.7. The van der Waals surface area contributed by atoms with E-state index in [1.807, 2.05) is 42.4 Å². The minimum Gasteiger partial charge on any atom is -0.497 e. The second kappa shape index (κ2) is 31.6. The molecule has 3 amide bonds. The second-order valence-corrected chi connectivity index (χ2v) is 32.3. The van der Waals surface area contributed by atoms with Gasteiger partial charge < -0.3 is 67.7 Å². The van der Waals surface area contributed by atoms with Crippen molar-refractivity contribution in [1.29, 1.82) is 0 Å². The zero-order valence-corrected chi connectivity index (χ0v) is 63.5. The maximum absolute atomic E-state index is 12.6. The molecular weight excluding hydrogens is 1410 g/mol. The molecular formula is C84H99BBrN3O17. The van der Waals surface area contributed by atoms with Crippen LogP contribution in [-0.2, 0) is 37.9 Å². The molecule has 3 spiro atoms. The SMILES string of the molecule is COc1ccc(C(=O)O)cc1-c1ccc([C@@H]2CC23CCN(C(=O)[C@H]2CCCO2)CC3)cc1.COc1ccc(C(=O)O)cc1-c1ccc([C@H]2CC23CCN(C(=O)[C@H]2CCCO2)CC3)cc1.COc1ccc(C(=O)O)cc1B1OC(C)(C)C(C)(C)O1.O=C([C@H]1CCCO1)N1CCC2(CC1)CC2c1ccc(Br)cc1. The van der Waals surface area contributed by atoms with Crippen molar-refractivity contribution in [2.45, 2.75) is 171 Å². The predicted octanol–water partition coefficient (Wildman–Crippen LogP) is 14.1. The molecule has 6 atom stereocenters. The number of ether oxygens (including phenoxy) is 6. The third-order valence-electron chi connectivity index (χ3n) is 24.8. The van der Waals surface area contributed by atoms with Gasteiger partial charge in [0.1, 0.15) is 35.6 Å². The highest BCUT2D eigenvalue weighted by molar-refractivity contribution is 9.10.